The van der Waals surface area contributed by atoms with E-state index in [0.29, 0.717) is 6.54 Å². The number of aromatic nitrogens is 2. The van der Waals surface area contributed by atoms with E-state index in [1.54, 1.807) is 31.1 Å². The van der Waals surface area contributed by atoms with Crippen LogP contribution in [0.15, 0.2) is 90.3 Å². The van der Waals surface area contributed by atoms with Crippen LogP contribution < -0.4 is 5.32 Å². The molecule has 0 unspecified atom stereocenters. The van der Waals surface area contributed by atoms with Gasteiger partial charge in [-0.05, 0) is 64.3 Å². The molecule has 2 aromatic rings. The standard InChI is InChI=1S/C23H32N4O2.C8H10.C2H3F3.C2H6/c1-9-11-19(18-12-25-27(14-18)15-22(29)26(7)8)23(17(5)6)20(16(3)4)13-24-21(28)10-2;1-7-3-5-8(2)6-4-7;1-2(3,4)5;1-2/h9-12,14H,1-2,13,15H2,3-8H3,(H,24,28);3-6H,1-2H3;1H3;1-2H3/b19-11-;;;. The van der Waals surface area contributed by atoms with Crippen LogP contribution in [0.1, 0.15) is 65.2 Å². The van der Waals surface area contributed by atoms with Gasteiger partial charge < -0.3 is 10.2 Å². The molecule has 0 saturated heterocycles. The first-order valence-corrected chi connectivity index (χ1v) is 14.3. The Kier molecular flexibility index (Phi) is 20.6. The number of alkyl halides is 3. The minimum atomic E-state index is -4.00. The second-order valence-electron chi connectivity index (χ2n) is 10.2. The van der Waals surface area contributed by atoms with Crippen molar-refractivity contribution in [2.75, 3.05) is 20.6 Å². The van der Waals surface area contributed by atoms with Gasteiger partial charge in [0.25, 0.3) is 0 Å². The highest BCUT2D eigenvalue weighted by atomic mass is 19.4. The molecule has 1 aromatic carbocycles. The number of benzene rings is 1. The van der Waals surface area contributed by atoms with Gasteiger partial charge in [-0.2, -0.15) is 18.3 Å². The van der Waals surface area contributed by atoms with E-state index in [9.17, 15) is 22.8 Å². The molecule has 0 bridgehead atoms. The second-order valence-corrected chi connectivity index (χ2v) is 10.2. The highest BCUT2D eigenvalue weighted by molar-refractivity contribution is 5.89. The summed E-state index contributed by atoms with van der Waals surface area (Å²) < 4.78 is 32.7. The van der Waals surface area contributed by atoms with Gasteiger partial charge >= 0.3 is 6.18 Å². The third-order valence-corrected chi connectivity index (χ3v) is 5.54. The minimum Gasteiger partial charge on any atom is -0.348 e. The van der Waals surface area contributed by atoms with Crippen molar-refractivity contribution in [3.8, 4) is 0 Å². The molecule has 9 heteroatoms. The first-order valence-electron chi connectivity index (χ1n) is 14.3. The van der Waals surface area contributed by atoms with E-state index >= 15 is 0 Å². The third kappa shape index (κ3) is 18.4. The number of carbonyl (C=O) groups excluding carboxylic acids is 2. The summed E-state index contributed by atoms with van der Waals surface area (Å²) in [6.07, 6.45) is 4.51. The van der Waals surface area contributed by atoms with Crippen LogP contribution in [0.5, 0.6) is 0 Å². The van der Waals surface area contributed by atoms with Crippen molar-refractivity contribution in [2.24, 2.45) is 0 Å². The molecule has 1 N–H and O–H groups in total. The molecule has 0 radical (unpaired) electrons. The first-order chi connectivity index (χ1) is 20.4. The zero-order valence-corrected chi connectivity index (χ0v) is 28.3. The maximum Gasteiger partial charge on any atom is 0.386 e. The van der Waals surface area contributed by atoms with Gasteiger partial charge in [-0.25, -0.2) is 0 Å². The number of nitrogens with zero attached hydrogens (tertiary/aromatic N) is 3. The Bertz CT molecular complexity index is 1260. The SMILES string of the molecule is C=C/C=C(\C(=C(C)C)C(CNC(=O)C=C)=C(C)C)c1cnn(CC(=O)N(C)C)c1.CC.CC(F)(F)F.Cc1ccc(C)cc1. The number of likely N-dealkylation sites (N-methyl/N-ethyl adjacent to an activating group) is 1. The Hall–Kier alpha value is -4.14. The Morgan fingerprint density at radius 2 is 1.45 bits per heavy atom. The van der Waals surface area contributed by atoms with Crippen molar-refractivity contribution in [1.29, 1.82) is 0 Å². The van der Waals surface area contributed by atoms with Gasteiger partial charge in [0.05, 0.1) is 6.20 Å². The minimum absolute atomic E-state index is 0.0338. The third-order valence-electron chi connectivity index (χ3n) is 5.54. The van der Waals surface area contributed by atoms with Crippen molar-refractivity contribution in [3.63, 3.8) is 0 Å². The molecule has 0 saturated carbocycles. The molecule has 1 heterocycles. The lowest BCUT2D eigenvalue weighted by atomic mass is 9.88. The van der Waals surface area contributed by atoms with Gasteiger partial charge in [0.15, 0.2) is 0 Å². The van der Waals surface area contributed by atoms with Crippen LogP contribution in [-0.4, -0.2) is 53.3 Å². The number of halogens is 3. The number of amides is 2. The van der Waals surface area contributed by atoms with Gasteiger partial charge in [0, 0.05) is 39.3 Å². The summed E-state index contributed by atoms with van der Waals surface area (Å²) in [5.74, 6) is -0.255. The van der Waals surface area contributed by atoms with Gasteiger partial charge in [-0.15, -0.1) is 0 Å². The maximum absolute atomic E-state index is 12.0. The van der Waals surface area contributed by atoms with Gasteiger partial charge in [0.1, 0.15) is 6.54 Å². The predicted octanol–water partition coefficient (Wildman–Crippen LogP) is 8.41. The molecule has 2 amide bonds. The average Bonchev–Trinajstić information content (AvgIpc) is 3.39. The molecule has 0 spiro atoms. The number of carbonyl (C=O) groups is 2. The number of rotatable bonds is 9. The number of hydrogen-bond acceptors (Lipinski definition) is 3. The Morgan fingerprint density at radius 1 is 0.977 bits per heavy atom. The molecular formula is C35H51F3N4O2. The summed E-state index contributed by atoms with van der Waals surface area (Å²) in [4.78, 5) is 25.2. The van der Waals surface area contributed by atoms with Crippen molar-refractivity contribution in [1.82, 2.24) is 20.0 Å². The second kappa shape index (κ2) is 21.5. The predicted molar refractivity (Wildman–Crippen MR) is 178 cm³/mol. The molecule has 244 valence electrons. The topological polar surface area (TPSA) is 67.2 Å². The first kappa shape index (κ1) is 42.0. The Morgan fingerprint density at radius 3 is 1.82 bits per heavy atom. The normalized spacial score (nSPS) is 10.3. The van der Waals surface area contributed by atoms with Crippen LogP contribution in [0, 0.1) is 13.8 Å². The van der Waals surface area contributed by atoms with E-state index in [2.05, 4.69) is 61.7 Å². The molecule has 44 heavy (non-hydrogen) atoms. The van der Waals surface area contributed by atoms with E-state index < -0.39 is 6.18 Å². The van der Waals surface area contributed by atoms with Crippen molar-refractivity contribution in [2.45, 2.75) is 75.0 Å². The summed E-state index contributed by atoms with van der Waals surface area (Å²) in [5.41, 5.74) is 8.70. The van der Waals surface area contributed by atoms with E-state index in [1.807, 2.05) is 53.8 Å². The van der Waals surface area contributed by atoms with E-state index in [1.165, 1.54) is 22.1 Å². The quantitative estimate of drug-likeness (QED) is 0.227. The summed E-state index contributed by atoms with van der Waals surface area (Å²) >= 11 is 0. The van der Waals surface area contributed by atoms with Crippen LogP contribution in [0.3, 0.4) is 0 Å². The molecule has 2 rings (SSSR count). The van der Waals surface area contributed by atoms with Crippen LogP contribution in [0.4, 0.5) is 13.2 Å². The number of aryl methyl sites for hydroxylation is 2. The number of allylic oxidation sites excluding steroid dienone is 5. The summed E-state index contributed by atoms with van der Waals surface area (Å²) in [5, 5.41) is 7.22. The van der Waals surface area contributed by atoms with E-state index in [4.69, 9.17) is 0 Å². The van der Waals surface area contributed by atoms with Crippen molar-refractivity contribution >= 4 is 17.4 Å². The highest BCUT2D eigenvalue weighted by Crippen LogP contribution is 2.32. The fraction of sp³-hybridized carbons (Fsp3) is 0.400. The highest BCUT2D eigenvalue weighted by Gasteiger charge is 2.18. The largest absolute Gasteiger partial charge is 0.386 e. The molecule has 6 nitrogen and oxygen atoms in total. The average molecular weight is 617 g/mol. The molecule has 0 aliphatic rings. The van der Waals surface area contributed by atoms with Gasteiger partial charge in [-0.1, -0.05) is 85.7 Å². The molecule has 0 aliphatic heterocycles. The lowest BCUT2D eigenvalue weighted by Gasteiger charge is -2.19. The van der Waals surface area contributed by atoms with Crippen molar-refractivity contribution in [3.05, 3.63) is 107 Å². The lowest BCUT2D eigenvalue weighted by molar-refractivity contribution is -0.129. The van der Waals surface area contributed by atoms with Crippen LogP contribution >= 0.6 is 0 Å². The summed E-state index contributed by atoms with van der Waals surface area (Å²) in [6.45, 7) is 24.4. The zero-order valence-electron chi connectivity index (χ0n) is 28.3. The van der Waals surface area contributed by atoms with Crippen LogP contribution in [0.25, 0.3) is 5.57 Å². The monoisotopic (exact) mass is 616 g/mol. The fourth-order valence-corrected chi connectivity index (χ4v) is 3.44. The maximum atomic E-state index is 12.0. The molecular weight excluding hydrogens is 565 g/mol. The zero-order chi connectivity index (χ0) is 34.6. The molecule has 0 aliphatic carbocycles. The fourth-order valence-electron chi connectivity index (χ4n) is 3.44. The smallest absolute Gasteiger partial charge is 0.348 e. The molecule has 0 fully saturated rings. The van der Waals surface area contributed by atoms with E-state index in [-0.39, 0.29) is 25.3 Å². The summed E-state index contributed by atoms with van der Waals surface area (Å²) in [6, 6.07) is 8.48. The van der Waals surface area contributed by atoms with Gasteiger partial charge in [0.2, 0.25) is 11.8 Å². The number of nitrogens with one attached hydrogen (secondary N) is 1. The Balaban J connectivity index is 0. The molecule has 1 aromatic heterocycles. The molecule has 0 atom stereocenters. The van der Waals surface area contributed by atoms with E-state index in [0.717, 1.165) is 33.4 Å². The van der Waals surface area contributed by atoms with Crippen LogP contribution in [0.2, 0.25) is 0 Å². The lowest BCUT2D eigenvalue weighted by Crippen LogP contribution is -2.26. The number of hydrogen-bond donors (Lipinski definition) is 1. The van der Waals surface area contributed by atoms with Crippen molar-refractivity contribution < 1.29 is 22.8 Å². The summed E-state index contributed by atoms with van der Waals surface area (Å²) in [7, 11) is 3.44. The Labute approximate surface area is 262 Å². The van der Waals surface area contributed by atoms with Crippen LogP contribution in [-0.2, 0) is 16.1 Å². The van der Waals surface area contributed by atoms with Gasteiger partial charge in [-0.3, -0.25) is 14.3 Å².